The molecule has 1 saturated heterocycles. The first-order valence-corrected chi connectivity index (χ1v) is 7.44. The molecule has 1 aromatic rings. The molecule has 112 valence electrons. The molecule has 2 heterocycles. The van der Waals surface area contributed by atoms with Crippen molar-refractivity contribution >= 4 is 11.9 Å². The number of hydrogen-bond donors (Lipinski definition) is 1. The highest BCUT2D eigenvalue weighted by molar-refractivity contribution is 5.38. The molecule has 1 atom stereocenters. The first-order chi connectivity index (χ1) is 9.58. The highest BCUT2D eigenvalue weighted by Crippen LogP contribution is 2.22. The second kappa shape index (κ2) is 6.72. The van der Waals surface area contributed by atoms with E-state index in [0.29, 0.717) is 17.9 Å². The van der Waals surface area contributed by atoms with Crippen LogP contribution in [0.1, 0.15) is 40.0 Å². The van der Waals surface area contributed by atoms with Gasteiger partial charge in [-0.05, 0) is 39.0 Å². The van der Waals surface area contributed by atoms with Crippen molar-refractivity contribution in [3.05, 3.63) is 0 Å². The molecular formula is C14H25N5O. The second-order valence-electron chi connectivity index (χ2n) is 5.68. The Morgan fingerprint density at radius 1 is 1.20 bits per heavy atom. The van der Waals surface area contributed by atoms with E-state index in [1.165, 1.54) is 19.3 Å². The monoisotopic (exact) mass is 279 g/mol. The molecule has 6 heteroatoms. The molecule has 1 aliphatic heterocycles. The van der Waals surface area contributed by atoms with Gasteiger partial charge in [0, 0.05) is 20.1 Å². The van der Waals surface area contributed by atoms with Crippen molar-refractivity contribution in [1.29, 1.82) is 0 Å². The summed E-state index contributed by atoms with van der Waals surface area (Å²) < 4.78 is 5.61. The summed E-state index contributed by atoms with van der Waals surface area (Å²) >= 11 is 0. The molecule has 1 fully saturated rings. The van der Waals surface area contributed by atoms with Gasteiger partial charge in [0.25, 0.3) is 0 Å². The van der Waals surface area contributed by atoms with Crippen LogP contribution in [-0.4, -0.2) is 41.2 Å². The highest BCUT2D eigenvalue weighted by atomic mass is 16.5. The number of nitrogens with zero attached hydrogens (tertiary/aromatic N) is 4. The van der Waals surface area contributed by atoms with Crippen LogP contribution >= 0.6 is 0 Å². The lowest BCUT2D eigenvalue weighted by molar-refractivity contribution is 0.222. The van der Waals surface area contributed by atoms with Crippen LogP contribution in [0.25, 0.3) is 0 Å². The van der Waals surface area contributed by atoms with Crippen molar-refractivity contribution in [2.45, 2.75) is 46.1 Å². The van der Waals surface area contributed by atoms with Crippen molar-refractivity contribution in [3.63, 3.8) is 0 Å². The Hall–Kier alpha value is -1.59. The molecule has 0 aromatic carbocycles. The number of hydrogen-bond acceptors (Lipinski definition) is 6. The third kappa shape index (κ3) is 3.95. The van der Waals surface area contributed by atoms with Gasteiger partial charge in [-0.1, -0.05) is 6.92 Å². The molecule has 20 heavy (non-hydrogen) atoms. The quantitative estimate of drug-likeness (QED) is 0.912. The first-order valence-electron chi connectivity index (χ1n) is 7.44. The van der Waals surface area contributed by atoms with Crippen molar-refractivity contribution in [3.8, 4) is 6.01 Å². The number of aromatic nitrogens is 3. The van der Waals surface area contributed by atoms with Crippen LogP contribution in [0.3, 0.4) is 0 Å². The summed E-state index contributed by atoms with van der Waals surface area (Å²) in [6, 6.07) is 0.395. The van der Waals surface area contributed by atoms with Gasteiger partial charge in [-0.25, -0.2) is 0 Å². The van der Waals surface area contributed by atoms with Crippen LogP contribution in [-0.2, 0) is 0 Å². The van der Waals surface area contributed by atoms with E-state index in [1.54, 1.807) is 0 Å². The van der Waals surface area contributed by atoms with E-state index in [9.17, 15) is 0 Å². The Morgan fingerprint density at radius 2 is 2.00 bits per heavy atom. The molecule has 0 amide bonds. The zero-order chi connectivity index (χ0) is 14.5. The lowest BCUT2D eigenvalue weighted by atomic mass is 10.0. The van der Waals surface area contributed by atoms with Gasteiger partial charge >= 0.3 is 6.01 Å². The lowest BCUT2D eigenvalue weighted by Gasteiger charge is -2.21. The summed E-state index contributed by atoms with van der Waals surface area (Å²) in [5.41, 5.74) is 0. The maximum Gasteiger partial charge on any atom is 0.323 e. The first kappa shape index (κ1) is 14.8. The van der Waals surface area contributed by atoms with E-state index in [2.05, 4.69) is 32.1 Å². The molecule has 1 N–H and O–H groups in total. The van der Waals surface area contributed by atoms with Gasteiger partial charge in [0.1, 0.15) is 0 Å². The van der Waals surface area contributed by atoms with Crippen molar-refractivity contribution in [2.24, 2.45) is 5.92 Å². The van der Waals surface area contributed by atoms with Gasteiger partial charge < -0.3 is 15.0 Å². The van der Waals surface area contributed by atoms with E-state index in [4.69, 9.17) is 4.74 Å². The predicted molar refractivity (Wildman–Crippen MR) is 80.4 cm³/mol. The molecule has 0 radical (unpaired) electrons. The van der Waals surface area contributed by atoms with Crippen LogP contribution in [0.4, 0.5) is 11.9 Å². The normalized spacial score (nSPS) is 19.9. The van der Waals surface area contributed by atoms with Crippen LogP contribution in [0.2, 0.25) is 0 Å². The third-order valence-electron chi connectivity index (χ3n) is 3.47. The minimum Gasteiger partial charge on any atom is -0.461 e. The summed E-state index contributed by atoms with van der Waals surface area (Å²) in [6.45, 7) is 8.24. The summed E-state index contributed by atoms with van der Waals surface area (Å²) in [6.07, 6.45) is 3.69. The zero-order valence-corrected chi connectivity index (χ0v) is 12.9. The van der Waals surface area contributed by atoms with Crippen molar-refractivity contribution in [2.75, 3.05) is 30.4 Å². The maximum atomic E-state index is 5.61. The van der Waals surface area contributed by atoms with Crippen LogP contribution < -0.4 is 15.0 Å². The Labute approximate surface area is 121 Å². The Morgan fingerprint density at radius 3 is 2.70 bits per heavy atom. The summed E-state index contributed by atoms with van der Waals surface area (Å²) in [4.78, 5) is 15.4. The van der Waals surface area contributed by atoms with Gasteiger partial charge in [-0.2, -0.15) is 15.0 Å². The average Bonchev–Trinajstić information content (AvgIpc) is 2.62. The minimum atomic E-state index is 0.0547. The largest absolute Gasteiger partial charge is 0.461 e. The van der Waals surface area contributed by atoms with Crippen molar-refractivity contribution in [1.82, 2.24) is 15.0 Å². The van der Waals surface area contributed by atoms with Crippen LogP contribution in [0, 0.1) is 5.92 Å². The molecule has 0 spiro atoms. The van der Waals surface area contributed by atoms with E-state index >= 15 is 0 Å². The van der Waals surface area contributed by atoms with E-state index in [1.807, 2.05) is 20.9 Å². The summed E-state index contributed by atoms with van der Waals surface area (Å²) in [7, 11) is 1.81. The minimum absolute atomic E-state index is 0.0547. The van der Waals surface area contributed by atoms with E-state index in [-0.39, 0.29) is 6.10 Å². The predicted octanol–water partition coefficient (Wildman–Crippen LogP) is 2.33. The fraction of sp³-hybridized carbons (Fsp3) is 0.786. The fourth-order valence-electron chi connectivity index (χ4n) is 2.33. The topological polar surface area (TPSA) is 63.2 Å². The molecule has 1 aromatic heterocycles. The number of nitrogens with one attached hydrogen (secondary N) is 1. The maximum absolute atomic E-state index is 5.61. The summed E-state index contributed by atoms with van der Waals surface area (Å²) in [5.74, 6) is 2.05. The third-order valence-corrected chi connectivity index (χ3v) is 3.47. The lowest BCUT2D eigenvalue weighted by Crippen LogP contribution is -2.27. The SMILES string of the molecule is CNc1nc(OC(C)C)nc(N2CCCC(C)CC2)n1. The molecule has 0 bridgehead atoms. The van der Waals surface area contributed by atoms with Gasteiger partial charge in [0.05, 0.1) is 6.10 Å². The zero-order valence-electron chi connectivity index (χ0n) is 12.9. The van der Waals surface area contributed by atoms with Crippen molar-refractivity contribution < 1.29 is 4.74 Å². The molecule has 0 aliphatic carbocycles. The van der Waals surface area contributed by atoms with Gasteiger partial charge in [0.2, 0.25) is 11.9 Å². The molecule has 6 nitrogen and oxygen atoms in total. The van der Waals surface area contributed by atoms with Gasteiger partial charge in [-0.3, -0.25) is 0 Å². The van der Waals surface area contributed by atoms with Gasteiger partial charge in [-0.15, -0.1) is 0 Å². The molecule has 1 aliphatic rings. The van der Waals surface area contributed by atoms with E-state index < -0.39 is 0 Å². The average molecular weight is 279 g/mol. The van der Waals surface area contributed by atoms with Crippen LogP contribution in [0.5, 0.6) is 6.01 Å². The highest BCUT2D eigenvalue weighted by Gasteiger charge is 2.18. The van der Waals surface area contributed by atoms with Gasteiger partial charge in [0.15, 0.2) is 0 Å². The van der Waals surface area contributed by atoms with Crippen LogP contribution in [0.15, 0.2) is 0 Å². The standard InChI is InChI=1S/C14H25N5O/c1-10(2)20-14-17-12(15-4)16-13(18-14)19-8-5-6-11(3)7-9-19/h10-11H,5-9H2,1-4H3,(H,15,16,17,18). The smallest absolute Gasteiger partial charge is 0.323 e. The molecular weight excluding hydrogens is 254 g/mol. The van der Waals surface area contributed by atoms with E-state index in [0.717, 1.165) is 19.0 Å². The Kier molecular flexibility index (Phi) is 4.98. The molecule has 0 saturated carbocycles. The molecule has 1 unspecified atom stereocenters. The number of rotatable bonds is 4. The Balaban J connectivity index is 2.20. The fourth-order valence-corrected chi connectivity index (χ4v) is 2.33. The molecule has 2 rings (SSSR count). The number of ether oxygens (including phenoxy) is 1. The summed E-state index contributed by atoms with van der Waals surface area (Å²) in [5, 5.41) is 2.98. The second-order valence-corrected chi connectivity index (χ2v) is 5.68. The Bertz CT molecular complexity index is 438. The number of anilines is 2.